The van der Waals surface area contributed by atoms with E-state index in [0.717, 1.165) is 17.7 Å². The number of hydrogen-bond donors (Lipinski definition) is 0. The maximum absolute atomic E-state index is 10.6. The van der Waals surface area contributed by atoms with Crippen molar-refractivity contribution in [2.75, 3.05) is 12.0 Å². The summed E-state index contributed by atoms with van der Waals surface area (Å²) in [6.45, 7) is 2.11. The van der Waals surface area contributed by atoms with Crippen LogP contribution in [0.4, 0.5) is 0 Å². The Bertz CT molecular complexity index is 257. The number of carbonyl (C=O) groups excluding carboxylic acids is 1. The molecule has 1 unspecified atom stereocenters. The van der Waals surface area contributed by atoms with Gasteiger partial charge < -0.3 is 4.57 Å². The van der Waals surface area contributed by atoms with Crippen molar-refractivity contribution < 1.29 is 4.79 Å². The molecule has 0 spiro atoms. The lowest BCUT2D eigenvalue weighted by Gasteiger charge is -2.13. The molecule has 1 aromatic rings. The number of carbonyl (C=O) groups is 1. The first-order valence-electron chi connectivity index (χ1n) is 3.90. The summed E-state index contributed by atoms with van der Waals surface area (Å²) in [6, 6.07) is 4.14. The van der Waals surface area contributed by atoms with Crippen molar-refractivity contribution in [1.82, 2.24) is 4.57 Å². The highest BCUT2D eigenvalue weighted by molar-refractivity contribution is 7.98. The summed E-state index contributed by atoms with van der Waals surface area (Å²) in [5.41, 5.74) is 0.761. The molecule has 0 aliphatic rings. The summed E-state index contributed by atoms with van der Waals surface area (Å²) >= 11 is 1.79. The zero-order valence-corrected chi connectivity index (χ0v) is 8.17. The fourth-order valence-electron chi connectivity index (χ4n) is 1.23. The highest BCUT2D eigenvalue weighted by Crippen LogP contribution is 2.13. The van der Waals surface area contributed by atoms with Crippen molar-refractivity contribution in [3.05, 3.63) is 24.0 Å². The highest BCUT2D eigenvalue weighted by atomic mass is 32.2. The van der Waals surface area contributed by atoms with Crippen LogP contribution in [0.15, 0.2) is 18.3 Å². The van der Waals surface area contributed by atoms with Crippen molar-refractivity contribution in [3.8, 4) is 0 Å². The average molecular weight is 183 g/mol. The van der Waals surface area contributed by atoms with Gasteiger partial charge in [0.15, 0.2) is 6.29 Å². The lowest BCUT2D eigenvalue weighted by Crippen LogP contribution is -2.09. The zero-order chi connectivity index (χ0) is 8.97. The smallest absolute Gasteiger partial charge is 0.166 e. The Morgan fingerprint density at radius 1 is 1.75 bits per heavy atom. The van der Waals surface area contributed by atoms with E-state index in [1.54, 1.807) is 11.8 Å². The standard InChI is InChI=1S/C9H13NOS/c1-8(7-12-2)10-5-3-4-9(10)6-11/h3-6,8H,7H2,1-2H3. The van der Waals surface area contributed by atoms with Gasteiger partial charge in [-0.2, -0.15) is 11.8 Å². The minimum atomic E-state index is 0.398. The second-order valence-electron chi connectivity index (χ2n) is 2.76. The average Bonchev–Trinajstić information content (AvgIpc) is 2.51. The van der Waals surface area contributed by atoms with E-state index in [2.05, 4.69) is 13.2 Å². The largest absolute Gasteiger partial charge is 0.342 e. The van der Waals surface area contributed by atoms with Crippen LogP contribution in [0.5, 0.6) is 0 Å². The first-order valence-corrected chi connectivity index (χ1v) is 5.30. The molecule has 0 aliphatic heterocycles. The molecule has 1 aromatic heterocycles. The van der Waals surface area contributed by atoms with Crippen molar-refractivity contribution in [2.24, 2.45) is 0 Å². The maximum Gasteiger partial charge on any atom is 0.166 e. The summed E-state index contributed by atoms with van der Waals surface area (Å²) in [5, 5.41) is 0. The number of rotatable bonds is 4. The first-order chi connectivity index (χ1) is 5.79. The molecule has 0 aliphatic carbocycles. The zero-order valence-electron chi connectivity index (χ0n) is 7.36. The molecule has 0 aromatic carbocycles. The SMILES string of the molecule is CSCC(C)n1cccc1C=O. The second kappa shape index (κ2) is 4.36. The molecule has 0 saturated carbocycles. The second-order valence-corrected chi connectivity index (χ2v) is 3.67. The van der Waals surface area contributed by atoms with Crippen LogP contribution in [0, 0.1) is 0 Å². The molecule has 0 N–H and O–H groups in total. The molecular formula is C9H13NOS. The minimum absolute atomic E-state index is 0.398. The number of aromatic nitrogens is 1. The molecule has 0 saturated heterocycles. The summed E-state index contributed by atoms with van der Waals surface area (Å²) in [7, 11) is 0. The minimum Gasteiger partial charge on any atom is -0.342 e. The van der Waals surface area contributed by atoms with E-state index >= 15 is 0 Å². The molecule has 3 heteroatoms. The summed E-state index contributed by atoms with van der Waals surface area (Å²) in [4.78, 5) is 10.6. The Morgan fingerprint density at radius 2 is 2.50 bits per heavy atom. The third kappa shape index (κ3) is 1.91. The maximum atomic E-state index is 10.6. The molecule has 0 radical (unpaired) electrons. The Morgan fingerprint density at radius 3 is 3.08 bits per heavy atom. The molecule has 0 fully saturated rings. The molecule has 2 nitrogen and oxygen atoms in total. The van der Waals surface area contributed by atoms with Crippen LogP contribution in [0.2, 0.25) is 0 Å². The van der Waals surface area contributed by atoms with Crippen molar-refractivity contribution in [1.29, 1.82) is 0 Å². The van der Waals surface area contributed by atoms with Crippen molar-refractivity contribution in [2.45, 2.75) is 13.0 Å². The van der Waals surface area contributed by atoms with E-state index in [-0.39, 0.29) is 0 Å². The molecule has 1 rings (SSSR count). The van der Waals surface area contributed by atoms with Crippen LogP contribution in [-0.4, -0.2) is 22.9 Å². The van der Waals surface area contributed by atoms with Gasteiger partial charge in [0.25, 0.3) is 0 Å². The summed E-state index contributed by atoms with van der Waals surface area (Å²) in [5.74, 6) is 1.04. The highest BCUT2D eigenvalue weighted by Gasteiger charge is 2.06. The topological polar surface area (TPSA) is 22.0 Å². The van der Waals surface area contributed by atoms with E-state index < -0.39 is 0 Å². The van der Waals surface area contributed by atoms with Crippen LogP contribution in [0.3, 0.4) is 0 Å². The molecule has 1 heterocycles. The number of nitrogens with zero attached hydrogens (tertiary/aromatic N) is 1. The lowest BCUT2D eigenvalue weighted by atomic mass is 10.3. The molecular weight excluding hydrogens is 170 g/mol. The third-order valence-corrected chi connectivity index (χ3v) is 2.63. The van der Waals surface area contributed by atoms with Gasteiger partial charge in [-0.05, 0) is 25.3 Å². The first kappa shape index (κ1) is 9.39. The molecule has 1 atom stereocenters. The fraction of sp³-hybridized carbons (Fsp3) is 0.444. The Kier molecular flexibility index (Phi) is 3.41. The monoisotopic (exact) mass is 183 g/mol. The van der Waals surface area contributed by atoms with Crippen LogP contribution in [-0.2, 0) is 0 Å². The van der Waals surface area contributed by atoms with E-state index in [4.69, 9.17) is 0 Å². The Balaban J connectivity index is 2.78. The van der Waals surface area contributed by atoms with Gasteiger partial charge in [0.1, 0.15) is 0 Å². The van der Waals surface area contributed by atoms with E-state index in [0.29, 0.717) is 6.04 Å². The van der Waals surface area contributed by atoms with Gasteiger partial charge in [-0.15, -0.1) is 0 Å². The summed E-state index contributed by atoms with van der Waals surface area (Å²) in [6.07, 6.45) is 4.92. The van der Waals surface area contributed by atoms with Gasteiger partial charge in [-0.1, -0.05) is 0 Å². The number of thioether (sulfide) groups is 1. The summed E-state index contributed by atoms with van der Waals surface area (Å²) < 4.78 is 2.00. The van der Waals surface area contributed by atoms with E-state index in [1.807, 2.05) is 22.9 Å². The van der Waals surface area contributed by atoms with Crippen LogP contribution >= 0.6 is 11.8 Å². The molecule has 12 heavy (non-hydrogen) atoms. The fourth-order valence-corrected chi connectivity index (χ4v) is 1.87. The van der Waals surface area contributed by atoms with Gasteiger partial charge in [0, 0.05) is 18.0 Å². The molecule has 0 bridgehead atoms. The van der Waals surface area contributed by atoms with Gasteiger partial charge in [-0.25, -0.2) is 0 Å². The molecule has 0 amide bonds. The van der Waals surface area contributed by atoms with Gasteiger partial charge in [0.05, 0.1) is 5.69 Å². The third-order valence-electron chi connectivity index (χ3n) is 1.82. The van der Waals surface area contributed by atoms with E-state index in [9.17, 15) is 4.79 Å². The van der Waals surface area contributed by atoms with Crippen molar-refractivity contribution in [3.63, 3.8) is 0 Å². The normalized spacial score (nSPS) is 12.8. The Labute approximate surface area is 77.0 Å². The van der Waals surface area contributed by atoms with Crippen molar-refractivity contribution >= 4 is 18.0 Å². The predicted molar refractivity (Wildman–Crippen MR) is 52.9 cm³/mol. The number of hydrogen-bond acceptors (Lipinski definition) is 2. The quantitative estimate of drug-likeness (QED) is 0.668. The van der Waals surface area contributed by atoms with Gasteiger partial charge in [0.2, 0.25) is 0 Å². The predicted octanol–water partition coefficient (Wildman–Crippen LogP) is 2.22. The van der Waals surface area contributed by atoms with Crippen LogP contribution in [0.1, 0.15) is 23.5 Å². The van der Waals surface area contributed by atoms with Crippen LogP contribution < -0.4 is 0 Å². The Hall–Kier alpha value is -0.700. The van der Waals surface area contributed by atoms with Gasteiger partial charge >= 0.3 is 0 Å². The molecule has 66 valence electrons. The van der Waals surface area contributed by atoms with E-state index in [1.165, 1.54) is 0 Å². The number of aldehydes is 1. The van der Waals surface area contributed by atoms with Crippen LogP contribution in [0.25, 0.3) is 0 Å². The lowest BCUT2D eigenvalue weighted by molar-refractivity contribution is 0.111. The van der Waals surface area contributed by atoms with Gasteiger partial charge in [-0.3, -0.25) is 4.79 Å².